The SMILES string of the molecule is CCC(C)N(Cc1ccccc1)C(=O)CN1C(=O)NC2(CC(C)CC(C)(C)C2)C1=O. The first-order valence-corrected chi connectivity index (χ1v) is 11.0. The predicted molar refractivity (Wildman–Crippen MR) is 117 cm³/mol. The Labute approximate surface area is 180 Å². The maximum Gasteiger partial charge on any atom is 0.325 e. The highest BCUT2D eigenvalue weighted by molar-refractivity contribution is 6.09. The first kappa shape index (κ1) is 22.3. The number of urea groups is 1. The second-order valence-corrected chi connectivity index (χ2v) is 10.0. The molecule has 1 aliphatic heterocycles. The topological polar surface area (TPSA) is 69.7 Å². The van der Waals surface area contributed by atoms with Crippen LogP contribution in [0.25, 0.3) is 0 Å². The fraction of sp³-hybridized carbons (Fsp3) is 0.625. The van der Waals surface area contributed by atoms with Crippen molar-refractivity contribution in [2.45, 2.75) is 78.4 Å². The second kappa shape index (κ2) is 8.40. The molecule has 1 aromatic carbocycles. The van der Waals surface area contributed by atoms with E-state index in [0.717, 1.165) is 23.3 Å². The lowest BCUT2D eigenvalue weighted by molar-refractivity contribution is -0.142. The molecule has 3 rings (SSSR count). The molecular weight excluding hydrogens is 378 g/mol. The van der Waals surface area contributed by atoms with Gasteiger partial charge in [0.1, 0.15) is 12.1 Å². The van der Waals surface area contributed by atoms with Crippen molar-refractivity contribution in [1.29, 1.82) is 0 Å². The molecule has 1 heterocycles. The average Bonchev–Trinajstić information content (AvgIpc) is 2.87. The van der Waals surface area contributed by atoms with Crippen molar-refractivity contribution in [3.63, 3.8) is 0 Å². The summed E-state index contributed by atoms with van der Waals surface area (Å²) in [4.78, 5) is 42.2. The Morgan fingerprint density at radius 2 is 1.90 bits per heavy atom. The highest BCUT2D eigenvalue weighted by Crippen LogP contribution is 2.46. The molecule has 30 heavy (non-hydrogen) atoms. The van der Waals surface area contributed by atoms with Gasteiger partial charge >= 0.3 is 6.03 Å². The lowest BCUT2D eigenvalue weighted by atomic mass is 9.64. The molecule has 4 amide bonds. The van der Waals surface area contributed by atoms with Crippen molar-refractivity contribution >= 4 is 17.8 Å². The van der Waals surface area contributed by atoms with Gasteiger partial charge in [-0.3, -0.25) is 14.5 Å². The van der Waals surface area contributed by atoms with E-state index in [1.807, 2.05) is 44.2 Å². The molecule has 6 heteroatoms. The van der Waals surface area contributed by atoms with E-state index in [1.165, 1.54) is 0 Å². The first-order valence-electron chi connectivity index (χ1n) is 11.0. The molecule has 2 fully saturated rings. The predicted octanol–water partition coefficient (Wildman–Crippen LogP) is 3.95. The summed E-state index contributed by atoms with van der Waals surface area (Å²) in [5.74, 6) is -0.107. The first-order chi connectivity index (χ1) is 14.1. The van der Waals surface area contributed by atoms with Crippen LogP contribution in [0.15, 0.2) is 30.3 Å². The molecule has 3 atom stereocenters. The van der Waals surface area contributed by atoms with Gasteiger partial charge in [0.2, 0.25) is 5.91 Å². The van der Waals surface area contributed by atoms with Crippen LogP contribution in [0.3, 0.4) is 0 Å². The average molecular weight is 414 g/mol. The van der Waals surface area contributed by atoms with Crippen molar-refractivity contribution in [2.24, 2.45) is 11.3 Å². The maximum absolute atomic E-state index is 13.4. The molecule has 6 nitrogen and oxygen atoms in total. The Bertz CT molecular complexity index is 807. The zero-order valence-electron chi connectivity index (χ0n) is 18.9. The Morgan fingerprint density at radius 3 is 2.50 bits per heavy atom. The number of amides is 4. The Hall–Kier alpha value is -2.37. The van der Waals surface area contributed by atoms with Crippen LogP contribution in [0.4, 0.5) is 4.79 Å². The number of imide groups is 1. The number of nitrogens with zero attached hydrogens (tertiary/aromatic N) is 2. The molecule has 1 saturated heterocycles. The summed E-state index contributed by atoms with van der Waals surface area (Å²) in [6.45, 7) is 10.7. The van der Waals surface area contributed by atoms with E-state index in [4.69, 9.17) is 0 Å². The number of carbonyl (C=O) groups excluding carboxylic acids is 3. The van der Waals surface area contributed by atoms with Crippen LogP contribution in [0, 0.1) is 11.3 Å². The molecule has 1 N–H and O–H groups in total. The quantitative estimate of drug-likeness (QED) is 0.718. The molecule has 164 valence electrons. The van der Waals surface area contributed by atoms with Crippen LogP contribution in [0.5, 0.6) is 0 Å². The fourth-order valence-corrected chi connectivity index (χ4v) is 5.37. The summed E-state index contributed by atoms with van der Waals surface area (Å²) >= 11 is 0. The van der Waals surface area contributed by atoms with Crippen LogP contribution >= 0.6 is 0 Å². The molecule has 0 aromatic heterocycles. The van der Waals surface area contributed by atoms with E-state index in [1.54, 1.807) is 4.90 Å². The number of carbonyl (C=O) groups is 3. The van der Waals surface area contributed by atoms with Crippen LogP contribution in [0.1, 0.15) is 65.9 Å². The summed E-state index contributed by atoms with van der Waals surface area (Å²) in [6, 6.07) is 9.37. The van der Waals surface area contributed by atoms with Gasteiger partial charge in [-0.1, -0.05) is 58.0 Å². The number of hydrogen-bond acceptors (Lipinski definition) is 3. The summed E-state index contributed by atoms with van der Waals surface area (Å²) in [5.41, 5.74) is 0.123. The Morgan fingerprint density at radius 1 is 1.23 bits per heavy atom. The van der Waals surface area contributed by atoms with Crippen LogP contribution < -0.4 is 5.32 Å². The minimum atomic E-state index is -0.876. The largest absolute Gasteiger partial charge is 0.334 e. The normalized spacial score (nSPS) is 26.6. The lowest BCUT2D eigenvalue weighted by Gasteiger charge is -2.43. The molecular formula is C24H35N3O3. The van der Waals surface area contributed by atoms with E-state index >= 15 is 0 Å². The van der Waals surface area contributed by atoms with Gasteiger partial charge in [-0.05, 0) is 49.5 Å². The highest BCUT2D eigenvalue weighted by atomic mass is 16.2. The van der Waals surface area contributed by atoms with Crippen molar-refractivity contribution in [1.82, 2.24) is 15.1 Å². The van der Waals surface area contributed by atoms with Gasteiger partial charge in [-0.2, -0.15) is 0 Å². The lowest BCUT2D eigenvalue weighted by Crippen LogP contribution is -2.54. The van der Waals surface area contributed by atoms with E-state index in [2.05, 4.69) is 26.1 Å². The summed E-state index contributed by atoms with van der Waals surface area (Å²) in [5, 5.41) is 2.96. The van der Waals surface area contributed by atoms with Gasteiger partial charge in [-0.25, -0.2) is 4.79 Å². The summed E-state index contributed by atoms with van der Waals surface area (Å²) in [6.07, 6.45) is 3.06. The number of nitrogens with one attached hydrogen (secondary N) is 1. The standard InChI is InChI=1S/C24H35N3O3/c1-6-18(3)26(14-19-10-8-7-9-11-19)20(28)15-27-21(29)24(25-22(27)30)13-17(2)12-23(4,5)16-24/h7-11,17-18H,6,12-16H2,1-5H3,(H,25,30). The summed E-state index contributed by atoms with van der Waals surface area (Å²) in [7, 11) is 0. The molecule has 0 bridgehead atoms. The van der Waals surface area contributed by atoms with Gasteiger partial charge < -0.3 is 10.2 Å². The number of benzene rings is 1. The van der Waals surface area contributed by atoms with E-state index in [0.29, 0.717) is 25.3 Å². The molecule has 1 aromatic rings. The van der Waals surface area contributed by atoms with Gasteiger partial charge in [0.25, 0.3) is 5.91 Å². The van der Waals surface area contributed by atoms with Gasteiger partial charge in [0.05, 0.1) is 0 Å². The zero-order chi connectivity index (χ0) is 22.1. The van der Waals surface area contributed by atoms with Crippen LogP contribution in [0.2, 0.25) is 0 Å². The van der Waals surface area contributed by atoms with Crippen molar-refractivity contribution < 1.29 is 14.4 Å². The van der Waals surface area contributed by atoms with E-state index in [-0.39, 0.29) is 29.8 Å². The molecule has 1 saturated carbocycles. The Kier molecular flexibility index (Phi) is 6.25. The zero-order valence-corrected chi connectivity index (χ0v) is 18.9. The Balaban J connectivity index is 1.77. The number of rotatable bonds is 6. The highest BCUT2D eigenvalue weighted by Gasteiger charge is 2.56. The third-order valence-electron chi connectivity index (χ3n) is 6.56. The smallest absolute Gasteiger partial charge is 0.325 e. The van der Waals surface area contributed by atoms with E-state index in [9.17, 15) is 14.4 Å². The molecule has 0 radical (unpaired) electrons. The second-order valence-electron chi connectivity index (χ2n) is 10.0. The third-order valence-corrected chi connectivity index (χ3v) is 6.56. The van der Waals surface area contributed by atoms with Gasteiger partial charge in [-0.15, -0.1) is 0 Å². The fourth-order valence-electron chi connectivity index (χ4n) is 5.37. The van der Waals surface area contributed by atoms with Gasteiger partial charge in [0.15, 0.2) is 0 Å². The van der Waals surface area contributed by atoms with Gasteiger partial charge in [0, 0.05) is 12.6 Å². The minimum Gasteiger partial charge on any atom is -0.334 e. The number of hydrogen-bond donors (Lipinski definition) is 1. The molecule has 1 spiro atoms. The third kappa shape index (κ3) is 4.52. The van der Waals surface area contributed by atoms with Crippen LogP contribution in [-0.4, -0.2) is 45.8 Å². The monoisotopic (exact) mass is 413 g/mol. The molecule has 1 aliphatic carbocycles. The van der Waals surface area contributed by atoms with Crippen molar-refractivity contribution in [3.05, 3.63) is 35.9 Å². The van der Waals surface area contributed by atoms with Crippen LogP contribution in [-0.2, 0) is 16.1 Å². The molecule has 2 aliphatic rings. The maximum atomic E-state index is 13.4. The van der Waals surface area contributed by atoms with E-state index < -0.39 is 11.6 Å². The minimum absolute atomic E-state index is 0.0149. The summed E-state index contributed by atoms with van der Waals surface area (Å²) < 4.78 is 0. The van der Waals surface area contributed by atoms with Crippen molar-refractivity contribution in [3.8, 4) is 0 Å². The van der Waals surface area contributed by atoms with Crippen molar-refractivity contribution in [2.75, 3.05) is 6.54 Å². The molecule has 3 unspecified atom stereocenters.